The predicted molar refractivity (Wildman–Crippen MR) is 101 cm³/mol. The van der Waals surface area contributed by atoms with Gasteiger partial charge >= 0.3 is 0 Å². The molecule has 0 aromatic rings. The molecule has 27 heavy (non-hydrogen) atoms. The maximum absolute atomic E-state index is 12.7. The highest BCUT2D eigenvalue weighted by Crippen LogP contribution is 2.56. The van der Waals surface area contributed by atoms with Crippen LogP contribution in [0.1, 0.15) is 52.4 Å². The molecule has 6 nitrogen and oxygen atoms in total. The van der Waals surface area contributed by atoms with Crippen LogP contribution in [0.5, 0.6) is 0 Å². The van der Waals surface area contributed by atoms with Crippen molar-refractivity contribution >= 4 is 11.8 Å². The van der Waals surface area contributed by atoms with Crippen LogP contribution in [0.3, 0.4) is 0 Å². The van der Waals surface area contributed by atoms with Gasteiger partial charge in [0.05, 0.1) is 32.3 Å². The molecule has 2 saturated heterocycles. The highest BCUT2D eigenvalue weighted by atomic mass is 16.5. The maximum atomic E-state index is 12.7. The highest BCUT2D eigenvalue weighted by molar-refractivity contribution is 5.81. The number of methoxy groups -OCH3 is 1. The van der Waals surface area contributed by atoms with Crippen LogP contribution in [0.2, 0.25) is 0 Å². The van der Waals surface area contributed by atoms with Crippen LogP contribution in [0, 0.1) is 23.2 Å². The van der Waals surface area contributed by atoms with Crippen molar-refractivity contribution in [1.29, 1.82) is 0 Å². The molecule has 0 aromatic heterocycles. The Morgan fingerprint density at radius 1 is 1.26 bits per heavy atom. The zero-order chi connectivity index (χ0) is 19.2. The minimum Gasteiger partial charge on any atom is -0.378 e. The summed E-state index contributed by atoms with van der Waals surface area (Å²) in [4.78, 5) is 26.8. The fraction of sp³-hybridized carbons (Fsp3) is 0.905. The van der Waals surface area contributed by atoms with Crippen molar-refractivity contribution in [3.05, 3.63) is 0 Å². The minimum atomic E-state index is -0.418. The Kier molecular flexibility index (Phi) is 5.00. The molecule has 0 radical (unpaired) electrons. The van der Waals surface area contributed by atoms with Gasteiger partial charge in [-0.05, 0) is 49.4 Å². The van der Waals surface area contributed by atoms with Gasteiger partial charge in [-0.25, -0.2) is 0 Å². The van der Waals surface area contributed by atoms with Crippen LogP contribution in [0.15, 0.2) is 0 Å². The van der Waals surface area contributed by atoms with Gasteiger partial charge in [-0.15, -0.1) is 0 Å². The number of likely N-dealkylation sites (tertiary alicyclic amines) is 1. The molecule has 4 rings (SSSR count). The lowest BCUT2D eigenvalue weighted by Gasteiger charge is -2.49. The SMILES string of the molecule is COC1(CNC(=O)CCC2CC(C)(C)CO2)CN(C(=O)[C@@H]2CC[C@@H]3C[C@@H]32)C1. The van der Waals surface area contributed by atoms with E-state index >= 15 is 0 Å². The number of nitrogens with one attached hydrogen (secondary N) is 1. The Morgan fingerprint density at radius 3 is 2.59 bits per heavy atom. The average Bonchev–Trinajstić information content (AvgIpc) is 3.11. The van der Waals surface area contributed by atoms with Crippen LogP contribution < -0.4 is 5.32 Å². The number of ether oxygens (including phenoxy) is 2. The topological polar surface area (TPSA) is 67.9 Å². The molecule has 2 heterocycles. The van der Waals surface area contributed by atoms with Crippen molar-refractivity contribution < 1.29 is 19.1 Å². The second-order valence-electron chi connectivity index (χ2n) is 10.0. The quantitative estimate of drug-likeness (QED) is 0.735. The Labute approximate surface area is 162 Å². The second-order valence-corrected chi connectivity index (χ2v) is 10.0. The summed E-state index contributed by atoms with van der Waals surface area (Å²) in [6, 6.07) is 0. The van der Waals surface area contributed by atoms with Gasteiger partial charge in [0.15, 0.2) is 0 Å². The molecule has 0 bridgehead atoms. The Bertz CT molecular complexity index is 599. The number of nitrogens with zero attached hydrogens (tertiary/aromatic N) is 1. The molecule has 2 aliphatic heterocycles. The summed E-state index contributed by atoms with van der Waals surface area (Å²) in [7, 11) is 1.68. The number of carbonyl (C=O) groups excluding carboxylic acids is 2. The summed E-state index contributed by atoms with van der Waals surface area (Å²) >= 11 is 0. The molecule has 152 valence electrons. The van der Waals surface area contributed by atoms with Crippen LogP contribution in [-0.4, -0.2) is 61.8 Å². The van der Waals surface area contributed by atoms with Crippen LogP contribution >= 0.6 is 0 Å². The lowest BCUT2D eigenvalue weighted by molar-refractivity contribution is -0.165. The van der Waals surface area contributed by atoms with E-state index in [0.717, 1.165) is 31.8 Å². The summed E-state index contributed by atoms with van der Waals surface area (Å²) in [6.45, 7) is 6.84. The van der Waals surface area contributed by atoms with Crippen molar-refractivity contribution in [2.75, 3.05) is 33.4 Å². The number of rotatable bonds is 7. The van der Waals surface area contributed by atoms with Crippen LogP contribution in [0.4, 0.5) is 0 Å². The Morgan fingerprint density at radius 2 is 2.04 bits per heavy atom. The molecule has 2 saturated carbocycles. The van der Waals surface area contributed by atoms with E-state index in [1.54, 1.807) is 7.11 Å². The predicted octanol–water partition coefficient (Wildman–Crippen LogP) is 1.97. The van der Waals surface area contributed by atoms with Crippen molar-refractivity contribution in [3.8, 4) is 0 Å². The number of hydrogen-bond acceptors (Lipinski definition) is 4. The van der Waals surface area contributed by atoms with Gasteiger partial charge in [-0.3, -0.25) is 9.59 Å². The maximum Gasteiger partial charge on any atom is 0.226 e. The molecule has 4 aliphatic rings. The standard InChI is InChI=1S/C21H34N2O4/c1-20(2)9-15(27-13-20)5-7-18(24)22-10-21(26-3)11-23(12-21)19(25)16-6-4-14-8-17(14)16/h14-17H,4-13H2,1-3H3,(H,22,24)/t14-,15?,16-,17+/m1/s1. The van der Waals surface area contributed by atoms with Crippen molar-refractivity contribution in [2.45, 2.75) is 64.1 Å². The number of hydrogen-bond donors (Lipinski definition) is 1. The van der Waals surface area contributed by atoms with Gasteiger partial charge in [-0.2, -0.15) is 0 Å². The van der Waals surface area contributed by atoms with Gasteiger partial charge in [0, 0.05) is 19.4 Å². The second kappa shape index (κ2) is 7.03. The fourth-order valence-corrected chi connectivity index (χ4v) is 5.27. The summed E-state index contributed by atoms with van der Waals surface area (Å²) in [5, 5.41) is 3.01. The lowest BCUT2D eigenvalue weighted by Crippen LogP contribution is -2.69. The first-order valence-electron chi connectivity index (χ1n) is 10.5. The van der Waals surface area contributed by atoms with Crippen molar-refractivity contribution in [3.63, 3.8) is 0 Å². The summed E-state index contributed by atoms with van der Waals surface area (Å²) in [5.41, 5.74) is -0.193. The molecule has 1 unspecified atom stereocenters. The molecule has 4 fully saturated rings. The summed E-state index contributed by atoms with van der Waals surface area (Å²) < 4.78 is 11.4. The van der Waals surface area contributed by atoms with E-state index in [0.29, 0.717) is 37.9 Å². The van der Waals surface area contributed by atoms with Gasteiger partial charge in [0.1, 0.15) is 5.60 Å². The number of amides is 2. The molecule has 6 heteroatoms. The Balaban J connectivity index is 1.17. The fourth-order valence-electron chi connectivity index (χ4n) is 5.27. The van der Waals surface area contributed by atoms with E-state index in [-0.39, 0.29) is 23.3 Å². The average molecular weight is 379 g/mol. The molecule has 0 aromatic carbocycles. The van der Waals surface area contributed by atoms with Gasteiger partial charge < -0.3 is 19.7 Å². The summed E-state index contributed by atoms with van der Waals surface area (Å²) in [5.74, 6) is 2.06. The molecular formula is C21H34N2O4. The minimum absolute atomic E-state index is 0.0427. The van der Waals surface area contributed by atoms with Crippen LogP contribution in [-0.2, 0) is 19.1 Å². The van der Waals surface area contributed by atoms with E-state index in [4.69, 9.17) is 9.47 Å². The zero-order valence-electron chi connectivity index (χ0n) is 17.0. The third-order valence-corrected chi connectivity index (χ3v) is 7.15. The first-order chi connectivity index (χ1) is 12.8. The molecule has 0 spiro atoms. The smallest absolute Gasteiger partial charge is 0.226 e. The third-order valence-electron chi connectivity index (χ3n) is 7.15. The van der Waals surface area contributed by atoms with E-state index < -0.39 is 5.60 Å². The number of carbonyl (C=O) groups is 2. The molecular weight excluding hydrogens is 344 g/mol. The largest absolute Gasteiger partial charge is 0.378 e. The molecule has 4 atom stereocenters. The lowest BCUT2D eigenvalue weighted by atomic mass is 9.89. The first kappa shape index (κ1) is 19.2. The highest BCUT2D eigenvalue weighted by Gasteiger charge is 2.55. The van der Waals surface area contributed by atoms with Gasteiger partial charge in [-0.1, -0.05) is 13.8 Å². The normalized spacial score (nSPS) is 35.4. The van der Waals surface area contributed by atoms with Crippen LogP contribution in [0.25, 0.3) is 0 Å². The first-order valence-corrected chi connectivity index (χ1v) is 10.5. The molecule has 2 amide bonds. The molecule has 2 aliphatic carbocycles. The Hall–Kier alpha value is -1.14. The van der Waals surface area contributed by atoms with Gasteiger partial charge in [0.25, 0.3) is 0 Å². The van der Waals surface area contributed by atoms with E-state index in [2.05, 4.69) is 19.2 Å². The van der Waals surface area contributed by atoms with Crippen molar-refractivity contribution in [2.24, 2.45) is 23.2 Å². The number of fused-ring (bicyclic) bond motifs is 1. The summed E-state index contributed by atoms with van der Waals surface area (Å²) in [6.07, 6.45) is 5.99. The van der Waals surface area contributed by atoms with E-state index in [1.165, 1.54) is 12.8 Å². The molecule has 1 N–H and O–H groups in total. The van der Waals surface area contributed by atoms with Gasteiger partial charge in [0.2, 0.25) is 11.8 Å². The van der Waals surface area contributed by atoms with Crippen molar-refractivity contribution in [1.82, 2.24) is 10.2 Å². The monoisotopic (exact) mass is 378 g/mol. The van der Waals surface area contributed by atoms with E-state index in [9.17, 15) is 9.59 Å². The third kappa shape index (κ3) is 4.02. The van der Waals surface area contributed by atoms with E-state index in [1.807, 2.05) is 4.90 Å². The zero-order valence-corrected chi connectivity index (χ0v) is 17.0.